The zero-order valence-electron chi connectivity index (χ0n) is 13.9. The Morgan fingerprint density at radius 2 is 1.92 bits per heavy atom. The average molecular weight is 365 g/mol. The van der Waals surface area contributed by atoms with Crippen LogP contribution in [0.2, 0.25) is 0 Å². The number of halogens is 1. The molecule has 0 aliphatic heterocycles. The normalized spacial score (nSPS) is 11.1. The zero-order chi connectivity index (χ0) is 18.3. The minimum Gasteiger partial charge on any atom is -0.489 e. The summed E-state index contributed by atoms with van der Waals surface area (Å²) in [6, 6.07) is 12.7. The maximum Gasteiger partial charge on any atom is 0.239 e. The van der Waals surface area contributed by atoms with Crippen LogP contribution >= 0.6 is 0 Å². The van der Waals surface area contributed by atoms with Crippen molar-refractivity contribution in [3.05, 3.63) is 59.9 Å². The van der Waals surface area contributed by atoms with E-state index in [9.17, 15) is 17.6 Å². The molecule has 0 heterocycles. The number of hydrogen-bond acceptors (Lipinski definition) is 4. The predicted molar refractivity (Wildman–Crippen MR) is 94.7 cm³/mol. The van der Waals surface area contributed by atoms with Crippen LogP contribution in [0, 0.1) is 5.82 Å². The third-order valence-corrected chi connectivity index (χ3v) is 5.01. The van der Waals surface area contributed by atoms with Crippen LogP contribution in [0.15, 0.2) is 48.5 Å². The summed E-state index contributed by atoms with van der Waals surface area (Å²) in [5.41, 5.74) is 1.25. The highest BCUT2D eigenvalue weighted by Crippen LogP contribution is 2.16. The van der Waals surface area contributed by atoms with Gasteiger partial charge >= 0.3 is 0 Å². The van der Waals surface area contributed by atoms with Gasteiger partial charge in [-0.05, 0) is 36.2 Å². The molecule has 7 heteroatoms. The van der Waals surface area contributed by atoms with Crippen molar-refractivity contribution >= 4 is 21.4 Å². The lowest BCUT2D eigenvalue weighted by molar-refractivity contribution is -0.113. The van der Waals surface area contributed by atoms with Gasteiger partial charge < -0.3 is 10.1 Å². The number of rotatable bonds is 8. The third kappa shape index (κ3) is 6.54. The van der Waals surface area contributed by atoms with E-state index in [1.165, 1.54) is 12.1 Å². The smallest absolute Gasteiger partial charge is 0.239 e. The second-order valence-corrected chi connectivity index (χ2v) is 7.77. The number of carbonyl (C=O) groups excluding carboxylic acids is 1. The van der Waals surface area contributed by atoms with Crippen LogP contribution in [0.3, 0.4) is 0 Å². The Labute approximate surface area is 146 Å². The van der Waals surface area contributed by atoms with E-state index < -0.39 is 21.5 Å². The Balaban J connectivity index is 1.95. The van der Waals surface area contributed by atoms with E-state index in [1.807, 2.05) is 0 Å². The first-order valence-electron chi connectivity index (χ1n) is 7.85. The van der Waals surface area contributed by atoms with E-state index >= 15 is 0 Å². The second-order valence-electron chi connectivity index (χ2n) is 5.59. The zero-order valence-corrected chi connectivity index (χ0v) is 14.7. The first-order valence-corrected chi connectivity index (χ1v) is 9.67. The van der Waals surface area contributed by atoms with Crippen molar-refractivity contribution in [1.29, 1.82) is 0 Å². The molecule has 1 amide bonds. The first kappa shape index (κ1) is 18.9. The highest BCUT2D eigenvalue weighted by atomic mass is 32.2. The van der Waals surface area contributed by atoms with E-state index in [-0.39, 0.29) is 18.2 Å². The van der Waals surface area contributed by atoms with Crippen LogP contribution in [0.4, 0.5) is 10.1 Å². The number of amides is 1. The Bertz CT molecular complexity index is 836. The number of carbonyl (C=O) groups is 1. The molecule has 0 spiro atoms. The van der Waals surface area contributed by atoms with Gasteiger partial charge in [0, 0.05) is 11.8 Å². The third-order valence-electron chi connectivity index (χ3n) is 3.28. The fraction of sp³-hybridized carbons (Fsp3) is 0.278. The van der Waals surface area contributed by atoms with Crippen LogP contribution in [0.5, 0.6) is 5.75 Å². The number of nitrogens with one attached hydrogen (secondary N) is 1. The molecule has 2 aromatic carbocycles. The quantitative estimate of drug-likeness (QED) is 0.780. The molecule has 2 aromatic rings. The van der Waals surface area contributed by atoms with Crippen molar-refractivity contribution in [1.82, 2.24) is 0 Å². The number of hydrogen-bond donors (Lipinski definition) is 1. The van der Waals surface area contributed by atoms with Crippen molar-refractivity contribution in [2.45, 2.75) is 20.0 Å². The van der Waals surface area contributed by atoms with Crippen LogP contribution < -0.4 is 10.1 Å². The van der Waals surface area contributed by atoms with Gasteiger partial charge in [-0.1, -0.05) is 25.1 Å². The van der Waals surface area contributed by atoms with Gasteiger partial charge in [-0.3, -0.25) is 4.79 Å². The summed E-state index contributed by atoms with van der Waals surface area (Å²) in [6.07, 6.45) is 0.475. The first-order chi connectivity index (χ1) is 11.9. The molecular weight excluding hydrogens is 345 g/mol. The highest BCUT2D eigenvalue weighted by molar-refractivity contribution is 7.92. The molecule has 25 heavy (non-hydrogen) atoms. The molecule has 0 unspecified atom stereocenters. The van der Waals surface area contributed by atoms with Gasteiger partial charge in [0.05, 0.1) is 5.75 Å². The lowest BCUT2D eigenvalue weighted by atomic mass is 10.2. The molecule has 2 rings (SSSR count). The molecular formula is C18H20FNO4S. The SMILES string of the molecule is CCCS(=O)(=O)CC(=O)Nc1cccc(COc2cccc(F)c2)c1. The number of benzene rings is 2. The Morgan fingerprint density at radius 3 is 2.64 bits per heavy atom. The molecule has 0 fully saturated rings. The maximum absolute atomic E-state index is 13.1. The molecule has 0 saturated heterocycles. The van der Waals surface area contributed by atoms with Crippen molar-refractivity contribution in [3.8, 4) is 5.75 Å². The number of sulfone groups is 1. The van der Waals surface area contributed by atoms with Gasteiger partial charge in [0.15, 0.2) is 9.84 Å². The van der Waals surface area contributed by atoms with Crippen LogP contribution in [0.1, 0.15) is 18.9 Å². The largest absolute Gasteiger partial charge is 0.489 e. The van der Waals surface area contributed by atoms with Gasteiger partial charge in [-0.15, -0.1) is 0 Å². The molecule has 0 aliphatic carbocycles. The topological polar surface area (TPSA) is 72.5 Å². The van der Waals surface area contributed by atoms with Gasteiger partial charge in [0.25, 0.3) is 0 Å². The maximum atomic E-state index is 13.1. The molecule has 1 N–H and O–H groups in total. The average Bonchev–Trinajstić information content (AvgIpc) is 2.52. The minimum atomic E-state index is -3.38. The molecule has 0 aromatic heterocycles. The Morgan fingerprint density at radius 1 is 1.16 bits per heavy atom. The highest BCUT2D eigenvalue weighted by Gasteiger charge is 2.15. The summed E-state index contributed by atoms with van der Waals surface area (Å²) in [5, 5.41) is 2.57. The van der Waals surface area contributed by atoms with E-state index in [1.54, 1.807) is 43.3 Å². The van der Waals surface area contributed by atoms with Gasteiger partial charge in [0.2, 0.25) is 5.91 Å². The molecule has 5 nitrogen and oxygen atoms in total. The second kappa shape index (κ2) is 8.62. The molecule has 134 valence electrons. The van der Waals surface area contributed by atoms with Crippen LogP contribution in [-0.2, 0) is 21.2 Å². The molecule has 0 saturated carbocycles. The molecule has 0 bridgehead atoms. The van der Waals surface area contributed by atoms with E-state index in [2.05, 4.69) is 5.32 Å². The minimum absolute atomic E-state index is 0.0120. The Hall–Kier alpha value is -2.41. The summed E-state index contributed by atoms with van der Waals surface area (Å²) in [5.74, 6) is -1.10. The van der Waals surface area contributed by atoms with Crippen LogP contribution in [-0.4, -0.2) is 25.8 Å². The van der Waals surface area contributed by atoms with Gasteiger partial charge in [0.1, 0.15) is 23.9 Å². The van der Waals surface area contributed by atoms with E-state index in [0.29, 0.717) is 17.9 Å². The summed E-state index contributed by atoms with van der Waals surface area (Å²) in [7, 11) is -3.38. The number of ether oxygens (including phenoxy) is 1. The lowest BCUT2D eigenvalue weighted by Crippen LogP contribution is -2.24. The summed E-state index contributed by atoms with van der Waals surface area (Å²) >= 11 is 0. The van der Waals surface area contributed by atoms with Crippen molar-refractivity contribution in [2.24, 2.45) is 0 Å². The molecule has 0 aliphatic rings. The fourth-order valence-corrected chi connectivity index (χ4v) is 3.48. The number of anilines is 1. The molecule has 0 radical (unpaired) electrons. The van der Waals surface area contributed by atoms with Gasteiger partial charge in [-0.25, -0.2) is 12.8 Å². The Kier molecular flexibility index (Phi) is 6.52. The summed E-state index contributed by atoms with van der Waals surface area (Å²) in [6.45, 7) is 1.94. The fourth-order valence-electron chi connectivity index (χ4n) is 2.24. The van der Waals surface area contributed by atoms with E-state index in [0.717, 1.165) is 5.56 Å². The standard InChI is InChI=1S/C18H20FNO4S/c1-2-9-25(22,23)13-18(21)20-16-7-3-5-14(10-16)12-24-17-8-4-6-15(19)11-17/h3-8,10-11H,2,9,12-13H2,1H3,(H,20,21). The summed E-state index contributed by atoms with van der Waals surface area (Å²) < 4.78 is 42.0. The van der Waals surface area contributed by atoms with Crippen molar-refractivity contribution in [3.63, 3.8) is 0 Å². The molecule has 0 atom stereocenters. The van der Waals surface area contributed by atoms with Crippen molar-refractivity contribution < 1.29 is 22.3 Å². The van der Waals surface area contributed by atoms with Crippen LogP contribution in [0.25, 0.3) is 0 Å². The van der Waals surface area contributed by atoms with E-state index in [4.69, 9.17) is 4.74 Å². The van der Waals surface area contributed by atoms with Gasteiger partial charge in [-0.2, -0.15) is 0 Å². The lowest BCUT2D eigenvalue weighted by Gasteiger charge is -2.09. The monoisotopic (exact) mass is 365 g/mol. The van der Waals surface area contributed by atoms with Crippen molar-refractivity contribution in [2.75, 3.05) is 16.8 Å². The summed E-state index contributed by atoms with van der Waals surface area (Å²) in [4.78, 5) is 11.9. The predicted octanol–water partition coefficient (Wildman–Crippen LogP) is 3.17.